The minimum absolute atomic E-state index is 0.167. The van der Waals surface area contributed by atoms with Crippen LogP contribution in [0.3, 0.4) is 0 Å². The van der Waals surface area contributed by atoms with Gasteiger partial charge >= 0.3 is 5.97 Å². The third kappa shape index (κ3) is 2.54. The van der Waals surface area contributed by atoms with E-state index in [1.165, 1.54) is 17.8 Å². The highest BCUT2D eigenvalue weighted by Gasteiger charge is 2.14. The van der Waals surface area contributed by atoms with Crippen LogP contribution in [-0.4, -0.2) is 21.0 Å². The van der Waals surface area contributed by atoms with Crippen molar-refractivity contribution in [2.45, 2.75) is 9.92 Å². The monoisotopic (exact) mass is 247 g/mol. The van der Waals surface area contributed by atoms with Gasteiger partial charge in [0.05, 0.1) is 16.7 Å². The van der Waals surface area contributed by atoms with Gasteiger partial charge in [-0.25, -0.2) is 9.78 Å². The van der Waals surface area contributed by atoms with E-state index < -0.39 is 5.97 Å². The molecule has 0 fully saturated rings. The van der Waals surface area contributed by atoms with Gasteiger partial charge in [-0.15, -0.1) is 0 Å². The van der Waals surface area contributed by atoms with Crippen LogP contribution in [0.4, 0.5) is 5.69 Å². The molecular weight excluding hydrogens is 238 g/mol. The number of carboxylic acid groups (broad SMARTS) is 1. The van der Waals surface area contributed by atoms with Crippen LogP contribution in [0.5, 0.6) is 0 Å². The van der Waals surface area contributed by atoms with Crippen molar-refractivity contribution in [3.63, 3.8) is 0 Å². The standard InChI is InChI=1S/C11H9N3O2S/c12-8-3-1-2-7(11(15)16)10(8)17-9-6-13-4-5-14-9/h1-6H,12H2,(H,15,16). The Morgan fingerprint density at radius 3 is 2.82 bits per heavy atom. The zero-order chi connectivity index (χ0) is 12.3. The van der Waals surface area contributed by atoms with E-state index in [4.69, 9.17) is 10.8 Å². The van der Waals surface area contributed by atoms with Crippen molar-refractivity contribution in [1.82, 2.24) is 9.97 Å². The van der Waals surface area contributed by atoms with Gasteiger partial charge in [-0.3, -0.25) is 4.98 Å². The third-order valence-electron chi connectivity index (χ3n) is 2.02. The predicted molar refractivity (Wildman–Crippen MR) is 64.0 cm³/mol. The van der Waals surface area contributed by atoms with Crippen molar-refractivity contribution in [3.05, 3.63) is 42.4 Å². The highest BCUT2D eigenvalue weighted by Crippen LogP contribution is 2.33. The molecule has 2 rings (SSSR count). The van der Waals surface area contributed by atoms with Crippen LogP contribution in [0.15, 0.2) is 46.7 Å². The van der Waals surface area contributed by atoms with Gasteiger partial charge in [-0.05, 0) is 12.1 Å². The predicted octanol–water partition coefficient (Wildman–Crippen LogP) is 1.91. The first-order valence-corrected chi connectivity index (χ1v) is 5.56. The van der Waals surface area contributed by atoms with Crippen LogP contribution in [0, 0.1) is 0 Å². The molecule has 6 heteroatoms. The lowest BCUT2D eigenvalue weighted by Crippen LogP contribution is -2.01. The first-order chi connectivity index (χ1) is 8.18. The van der Waals surface area contributed by atoms with Gasteiger partial charge in [0.2, 0.25) is 0 Å². The Morgan fingerprint density at radius 2 is 2.18 bits per heavy atom. The fourth-order valence-electron chi connectivity index (χ4n) is 1.28. The summed E-state index contributed by atoms with van der Waals surface area (Å²) < 4.78 is 0. The molecule has 1 heterocycles. The van der Waals surface area contributed by atoms with E-state index in [0.29, 0.717) is 15.6 Å². The number of nitrogens with zero attached hydrogens (tertiary/aromatic N) is 2. The number of aromatic carboxylic acids is 1. The summed E-state index contributed by atoms with van der Waals surface area (Å²) >= 11 is 1.19. The molecule has 0 radical (unpaired) electrons. The number of anilines is 1. The van der Waals surface area contributed by atoms with Crippen molar-refractivity contribution in [1.29, 1.82) is 0 Å². The lowest BCUT2D eigenvalue weighted by molar-refractivity contribution is 0.0693. The maximum absolute atomic E-state index is 11.1. The summed E-state index contributed by atoms with van der Waals surface area (Å²) in [6.45, 7) is 0. The average Bonchev–Trinajstić information content (AvgIpc) is 2.33. The van der Waals surface area contributed by atoms with Crippen LogP contribution in [-0.2, 0) is 0 Å². The highest BCUT2D eigenvalue weighted by molar-refractivity contribution is 7.99. The van der Waals surface area contributed by atoms with E-state index in [9.17, 15) is 4.79 Å². The Morgan fingerprint density at radius 1 is 1.35 bits per heavy atom. The lowest BCUT2D eigenvalue weighted by atomic mass is 10.2. The summed E-state index contributed by atoms with van der Waals surface area (Å²) in [5, 5.41) is 9.67. The Hall–Kier alpha value is -2.08. The number of nitrogen functional groups attached to an aromatic ring is 1. The van der Waals surface area contributed by atoms with Crippen molar-refractivity contribution in [3.8, 4) is 0 Å². The first kappa shape index (κ1) is 11.4. The molecule has 0 saturated carbocycles. The zero-order valence-corrected chi connectivity index (χ0v) is 9.52. The summed E-state index contributed by atoms with van der Waals surface area (Å²) in [6.07, 6.45) is 4.65. The van der Waals surface area contributed by atoms with Crippen LogP contribution < -0.4 is 5.73 Å². The van der Waals surface area contributed by atoms with Gasteiger partial charge in [0, 0.05) is 18.1 Å². The van der Waals surface area contributed by atoms with Crippen LogP contribution in [0.2, 0.25) is 0 Å². The van der Waals surface area contributed by atoms with E-state index in [2.05, 4.69) is 9.97 Å². The molecule has 2 aromatic rings. The molecule has 5 nitrogen and oxygen atoms in total. The van der Waals surface area contributed by atoms with Crippen molar-refractivity contribution < 1.29 is 9.90 Å². The van der Waals surface area contributed by atoms with Gasteiger partial charge in [-0.2, -0.15) is 0 Å². The number of benzene rings is 1. The Labute approximate surface area is 102 Å². The number of carboxylic acids is 1. The molecule has 0 atom stereocenters. The summed E-state index contributed by atoms with van der Waals surface area (Å²) in [6, 6.07) is 4.78. The molecular formula is C11H9N3O2S. The van der Waals surface area contributed by atoms with E-state index >= 15 is 0 Å². The molecule has 0 aliphatic heterocycles. The molecule has 0 saturated heterocycles. The fraction of sp³-hybridized carbons (Fsp3) is 0. The molecule has 0 aliphatic rings. The number of carbonyl (C=O) groups is 1. The van der Waals surface area contributed by atoms with E-state index in [0.717, 1.165) is 0 Å². The molecule has 0 spiro atoms. The second kappa shape index (κ2) is 4.84. The van der Waals surface area contributed by atoms with Gasteiger partial charge in [0.25, 0.3) is 0 Å². The molecule has 1 aromatic carbocycles. The number of rotatable bonds is 3. The third-order valence-corrected chi connectivity index (χ3v) is 3.10. The summed E-state index contributed by atoms with van der Waals surface area (Å²) in [7, 11) is 0. The Kier molecular flexibility index (Phi) is 3.24. The Bertz CT molecular complexity index is 546. The maximum atomic E-state index is 11.1. The molecule has 0 bridgehead atoms. The zero-order valence-electron chi connectivity index (χ0n) is 8.70. The van der Waals surface area contributed by atoms with Gasteiger partial charge in [-0.1, -0.05) is 17.8 Å². The second-order valence-electron chi connectivity index (χ2n) is 3.17. The lowest BCUT2D eigenvalue weighted by Gasteiger charge is -2.07. The largest absolute Gasteiger partial charge is 0.478 e. The molecule has 3 N–H and O–H groups in total. The Balaban J connectivity index is 2.41. The summed E-state index contributed by atoms with van der Waals surface area (Å²) in [4.78, 5) is 19.5. The smallest absolute Gasteiger partial charge is 0.336 e. The minimum Gasteiger partial charge on any atom is -0.478 e. The summed E-state index contributed by atoms with van der Waals surface area (Å²) in [5.41, 5.74) is 6.36. The molecule has 0 amide bonds. The molecule has 1 aromatic heterocycles. The topological polar surface area (TPSA) is 89.1 Å². The van der Waals surface area contributed by atoms with E-state index in [-0.39, 0.29) is 5.56 Å². The number of hydrogen-bond donors (Lipinski definition) is 2. The number of hydrogen-bond acceptors (Lipinski definition) is 5. The van der Waals surface area contributed by atoms with Gasteiger partial charge < -0.3 is 10.8 Å². The maximum Gasteiger partial charge on any atom is 0.336 e. The number of aromatic nitrogens is 2. The molecule has 17 heavy (non-hydrogen) atoms. The van der Waals surface area contributed by atoms with E-state index in [1.807, 2.05) is 0 Å². The second-order valence-corrected chi connectivity index (χ2v) is 4.21. The molecule has 86 valence electrons. The SMILES string of the molecule is Nc1cccc(C(=O)O)c1Sc1cnccn1. The quantitative estimate of drug-likeness (QED) is 0.805. The fourth-order valence-corrected chi connectivity index (χ4v) is 2.17. The number of nitrogens with two attached hydrogens (primary N) is 1. The average molecular weight is 247 g/mol. The molecule has 0 unspecified atom stereocenters. The minimum atomic E-state index is -1.01. The molecule has 0 aliphatic carbocycles. The van der Waals surface area contributed by atoms with Gasteiger partial charge in [0.15, 0.2) is 0 Å². The highest BCUT2D eigenvalue weighted by atomic mass is 32.2. The van der Waals surface area contributed by atoms with Crippen LogP contribution in [0.1, 0.15) is 10.4 Å². The van der Waals surface area contributed by atoms with Crippen LogP contribution in [0.25, 0.3) is 0 Å². The normalized spacial score (nSPS) is 10.1. The first-order valence-electron chi connectivity index (χ1n) is 4.74. The van der Waals surface area contributed by atoms with Crippen molar-refractivity contribution in [2.24, 2.45) is 0 Å². The van der Waals surface area contributed by atoms with Crippen molar-refractivity contribution in [2.75, 3.05) is 5.73 Å². The van der Waals surface area contributed by atoms with Crippen molar-refractivity contribution >= 4 is 23.4 Å². The van der Waals surface area contributed by atoms with E-state index in [1.54, 1.807) is 30.7 Å². The van der Waals surface area contributed by atoms with Gasteiger partial charge in [0.1, 0.15) is 5.03 Å². The summed E-state index contributed by atoms with van der Waals surface area (Å²) in [5.74, 6) is -1.01. The van der Waals surface area contributed by atoms with Crippen LogP contribution >= 0.6 is 11.8 Å².